The van der Waals surface area contributed by atoms with Crippen molar-refractivity contribution in [1.82, 2.24) is 20.1 Å². The highest BCUT2D eigenvalue weighted by Crippen LogP contribution is 2.16. The minimum Gasteiger partial charge on any atom is -0.368 e. The quantitative estimate of drug-likeness (QED) is 0.670. The SMILES string of the molecule is Cn1c(N)nnc1SCC(=O)NC1CCS(=O)(=O)C1. The highest BCUT2D eigenvalue weighted by Gasteiger charge is 2.28. The molecule has 1 unspecified atom stereocenters. The summed E-state index contributed by atoms with van der Waals surface area (Å²) in [4.78, 5) is 11.7. The molecule has 1 aliphatic rings. The first kappa shape index (κ1) is 14.1. The van der Waals surface area contributed by atoms with Crippen molar-refractivity contribution in [3.05, 3.63) is 0 Å². The first-order chi connectivity index (χ1) is 8.87. The average Bonchev–Trinajstić information content (AvgIpc) is 2.82. The van der Waals surface area contributed by atoms with E-state index in [2.05, 4.69) is 15.5 Å². The van der Waals surface area contributed by atoms with Gasteiger partial charge < -0.3 is 11.1 Å². The van der Waals surface area contributed by atoms with Gasteiger partial charge in [-0.25, -0.2) is 8.42 Å². The lowest BCUT2D eigenvalue weighted by atomic mass is 10.3. The van der Waals surface area contributed by atoms with Crippen LogP contribution in [0.3, 0.4) is 0 Å². The molecule has 1 aromatic rings. The zero-order valence-electron chi connectivity index (χ0n) is 10.4. The van der Waals surface area contributed by atoms with Gasteiger partial charge in [-0.2, -0.15) is 0 Å². The van der Waals surface area contributed by atoms with E-state index in [1.807, 2.05) is 0 Å². The van der Waals surface area contributed by atoms with E-state index in [1.54, 1.807) is 11.6 Å². The van der Waals surface area contributed by atoms with Gasteiger partial charge in [0, 0.05) is 13.1 Å². The van der Waals surface area contributed by atoms with Crippen molar-refractivity contribution in [2.24, 2.45) is 7.05 Å². The molecule has 19 heavy (non-hydrogen) atoms. The molecule has 106 valence electrons. The van der Waals surface area contributed by atoms with Crippen molar-refractivity contribution in [3.8, 4) is 0 Å². The van der Waals surface area contributed by atoms with Gasteiger partial charge in [0.1, 0.15) is 0 Å². The maximum absolute atomic E-state index is 11.7. The van der Waals surface area contributed by atoms with E-state index in [0.717, 1.165) is 0 Å². The van der Waals surface area contributed by atoms with Crippen molar-refractivity contribution >= 4 is 33.5 Å². The number of rotatable bonds is 4. The maximum Gasteiger partial charge on any atom is 0.230 e. The number of anilines is 1. The topological polar surface area (TPSA) is 120 Å². The summed E-state index contributed by atoms with van der Waals surface area (Å²) in [6, 6.07) is -0.275. The van der Waals surface area contributed by atoms with Gasteiger partial charge in [-0.3, -0.25) is 9.36 Å². The van der Waals surface area contributed by atoms with Crippen LogP contribution in [0.2, 0.25) is 0 Å². The van der Waals surface area contributed by atoms with Crippen LogP contribution >= 0.6 is 11.8 Å². The minimum atomic E-state index is -2.98. The minimum absolute atomic E-state index is 0.0281. The molecule has 1 atom stereocenters. The van der Waals surface area contributed by atoms with Gasteiger partial charge in [-0.05, 0) is 6.42 Å². The first-order valence-corrected chi connectivity index (χ1v) is 8.45. The number of sulfone groups is 1. The number of carbonyl (C=O) groups excluding carboxylic acids is 1. The molecular weight excluding hydrogens is 290 g/mol. The lowest BCUT2D eigenvalue weighted by Crippen LogP contribution is -2.36. The molecule has 0 radical (unpaired) electrons. The van der Waals surface area contributed by atoms with Crippen LogP contribution in [-0.2, 0) is 21.7 Å². The van der Waals surface area contributed by atoms with Crippen molar-refractivity contribution in [1.29, 1.82) is 0 Å². The standard InChI is InChI=1S/C9H15N5O3S2/c1-14-8(10)12-13-9(14)18-4-7(15)11-6-2-3-19(16,17)5-6/h6H,2-5H2,1H3,(H2,10,12)(H,11,15). The highest BCUT2D eigenvalue weighted by atomic mass is 32.2. The molecule has 10 heteroatoms. The predicted molar refractivity (Wildman–Crippen MR) is 71.3 cm³/mol. The number of hydrogen-bond acceptors (Lipinski definition) is 7. The van der Waals surface area contributed by atoms with Crippen LogP contribution < -0.4 is 11.1 Å². The molecule has 1 saturated heterocycles. The second-order valence-electron chi connectivity index (χ2n) is 4.36. The molecule has 0 spiro atoms. The Bertz CT molecular complexity index is 583. The maximum atomic E-state index is 11.7. The Hall–Kier alpha value is -1.29. The van der Waals surface area contributed by atoms with Crippen LogP contribution in [0, 0.1) is 0 Å². The molecular formula is C9H15N5O3S2. The van der Waals surface area contributed by atoms with E-state index in [1.165, 1.54) is 11.8 Å². The van der Waals surface area contributed by atoms with Crippen LogP contribution in [0.25, 0.3) is 0 Å². The molecule has 8 nitrogen and oxygen atoms in total. The number of amides is 1. The van der Waals surface area contributed by atoms with Crippen LogP contribution in [0.5, 0.6) is 0 Å². The Labute approximate surface area is 115 Å². The Morgan fingerprint density at radius 2 is 2.32 bits per heavy atom. The van der Waals surface area contributed by atoms with Crippen molar-refractivity contribution in [2.45, 2.75) is 17.6 Å². The summed E-state index contributed by atoms with van der Waals surface area (Å²) in [7, 11) is -1.27. The lowest BCUT2D eigenvalue weighted by molar-refractivity contribution is -0.119. The number of carbonyl (C=O) groups is 1. The van der Waals surface area contributed by atoms with E-state index < -0.39 is 9.84 Å². The van der Waals surface area contributed by atoms with Gasteiger partial charge in [-0.1, -0.05) is 11.8 Å². The largest absolute Gasteiger partial charge is 0.368 e. The van der Waals surface area contributed by atoms with E-state index in [-0.39, 0.29) is 35.2 Å². The second kappa shape index (κ2) is 5.37. The second-order valence-corrected chi connectivity index (χ2v) is 7.53. The fraction of sp³-hybridized carbons (Fsp3) is 0.667. The number of nitrogens with zero attached hydrogens (tertiary/aromatic N) is 3. The van der Waals surface area contributed by atoms with Crippen molar-refractivity contribution in [2.75, 3.05) is 23.0 Å². The van der Waals surface area contributed by atoms with Gasteiger partial charge in [-0.15, -0.1) is 10.2 Å². The molecule has 1 fully saturated rings. The molecule has 0 aromatic carbocycles. The normalized spacial score (nSPS) is 21.4. The third-order valence-corrected chi connectivity index (χ3v) is 5.59. The van der Waals surface area contributed by atoms with Crippen LogP contribution in [0.4, 0.5) is 5.95 Å². The summed E-state index contributed by atoms with van der Waals surface area (Å²) in [6.45, 7) is 0. The van der Waals surface area contributed by atoms with E-state index in [4.69, 9.17) is 5.73 Å². The first-order valence-electron chi connectivity index (χ1n) is 5.65. The number of nitrogen functional groups attached to an aromatic ring is 1. The lowest BCUT2D eigenvalue weighted by Gasteiger charge is -2.10. The van der Waals surface area contributed by atoms with Crippen LogP contribution in [0.1, 0.15) is 6.42 Å². The number of hydrogen-bond donors (Lipinski definition) is 2. The molecule has 0 saturated carbocycles. The predicted octanol–water partition coefficient (Wildman–Crippen LogP) is -1.21. The molecule has 1 aliphatic heterocycles. The number of nitrogens with two attached hydrogens (primary N) is 1. The summed E-state index contributed by atoms with van der Waals surface area (Å²) >= 11 is 1.21. The number of aromatic nitrogens is 3. The fourth-order valence-electron chi connectivity index (χ4n) is 1.76. The van der Waals surface area contributed by atoms with Gasteiger partial charge in [0.25, 0.3) is 0 Å². The van der Waals surface area contributed by atoms with Crippen LogP contribution in [-0.4, -0.2) is 52.4 Å². The highest BCUT2D eigenvalue weighted by molar-refractivity contribution is 7.99. The average molecular weight is 305 g/mol. The zero-order chi connectivity index (χ0) is 14.0. The van der Waals surface area contributed by atoms with E-state index in [0.29, 0.717) is 11.6 Å². The summed E-state index contributed by atoms with van der Waals surface area (Å²) in [6.07, 6.45) is 0.482. The van der Waals surface area contributed by atoms with Gasteiger partial charge >= 0.3 is 0 Å². The molecule has 0 bridgehead atoms. The van der Waals surface area contributed by atoms with Gasteiger partial charge in [0.15, 0.2) is 15.0 Å². The van der Waals surface area contributed by atoms with Crippen molar-refractivity contribution in [3.63, 3.8) is 0 Å². The number of thioether (sulfide) groups is 1. The Balaban J connectivity index is 1.81. The smallest absolute Gasteiger partial charge is 0.230 e. The van der Waals surface area contributed by atoms with Crippen molar-refractivity contribution < 1.29 is 13.2 Å². The van der Waals surface area contributed by atoms with Gasteiger partial charge in [0.05, 0.1) is 17.3 Å². The molecule has 0 aliphatic carbocycles. The van der Waals surface area contributed by atoms with Gasteiger partial charge in [0.2, 0.25) is 11.9 Å². The molecule has 3 N–H and O–H groups in total. The Morgan fingerprint density at radius 3 is 2.84 bits per heavy atom. The monoisotopic (exact) mass is 305 g/mol. The summed E-state index contributed by atoms with van der Waals surface area (Å²) in [5, 5.41) is 10.7. The molecule has 1 amide bonds. The molecule has 2 heterocycles. The fourth-order valence-corrected chi connectivity index (χ4v) is 4.16. The Morgan fingerprint density at radius 1 is 1.58 bits per heavy atom. The van der Waals surface area contributed by atoms with Crippen LogP contribution in [0.15, 0.2) is 5.16 Å². The number of nitrogens with one attached hydrogen (secondary N) is 1. The molecule has 2 rings (SSSR count). The van der Waals surface area contributed by atoms with E-state index >= 15 is 0 Å². The summed E-state index contributed by atoms with van der Waals surface area (Å²) in [5.74, 6) is 0.395. The molecule has 1 aromatic heterocycles. The summed E-state index contributed by atoms with van der Waals surface area (Å²) < 4.78 is 24.1. The third-order valence-electron chi connectivity index (χ3n) is 2.80. The summed E-state index contributed by atoms with van der Waals surface area (Å²) in [5.41, 5.74) is 5.52. The Kier molecular flexibility index (Phi) is 3.99. The third kappa shape index (κ3) is 3.60. The zero-order valence-corrected chi connectivity index (χ0v) is 12.0. The van der Waals surface area contributed by atoms with E-state index in [9.17, 15) is 13.2 Å².